The minimum atomic E-state index is -0.00761. The van der Waals surface area contributed by atoms with Crippen LogP contribution in [-0.4, -0.2) is 11.4 Å². The monoisotopic (exact) mass is 246 g/mol. The van der Waals surface area contributed by atoms with Gasteiger partial charge in [0.25, 0.3) is 0 Å². The third-order valence-electron chi connectivity index (χ3n) is 2.71. The first-order valence-electron chi connectivity index (χ1n) is 5.45. The number of hydrogen-bond acceptors (Lipinski definition) is 2. The van der Waals surface area contributed by atoms with Crippen LogP contribution < -0.4 is 5.73 Å². The summed E-state index contributed by atoms with van der Waals surface area (Å²) in [5, 5.41) is 9.29. The smallest absolute Gasteiger partial charge is 0.164 e. The van der Waals surface area contributed by atoms with Crippen molar-refractivity contribution in [3.8, 4) is 5.75 Å². The molecule has 0 amide bonds. The van der Waals surface area contributed by atoms with Crippen molar-refractivity contribution in [2.45, 2.75) is 16.3 Å². The van der Waals surface area contributed by atoms with Gasteiger partial charge in [0.05, 0.1) is 10.9 Å². The molecule has 3 N–H and O–H groups in total. The van der Waals surface area contributed by atoms with Gasteiger partial charge in [0.1, 0.15) is 12.0 Å². The highest BCUT2D eigenvalue weighted by Gasteiger charge is 2.21. The lowest BCUT2D eigenvalue weighted by Crippen LogP contribution is -2.07. The highest BCUT2D eigenvalue weighted by Crippen LogP contribution is 2.25. The van der Waals surface area contributed by atoms with Crippen molar-refractivity contribution in [2.24, 2.45) is 5.73 Å². The van der Waals surface area contributed by atoms with Crippen LogP contribution in [0.1, 0.15) is 5.56 Å². The van der Waals surface area contributed by atoms with Crippen LogP contribution in [0.4, 0.5) is 0 Å². The number of benzene rings is 2. The van der Waals surface area contributed by atoms with E-state index in [1.807, 2.05) is 24.3 Å². The Morgan fingerprint density at radius 1 is 1.06 bits per heavy atom. The van der Waals surface area contributed by atoms with Gasteiger partial charge in [0.2, 0.25) is 0 Å². The van der Waals surface area contributed by atoms with Gasteiger partial charge in [-0.2, -0.15) is 0 Å². The number of rotatable bonds is 3. The molecule has 0 bridgehead atoms. The summed E-state index contributed by atoms with van der Waals surface area (Å²) in [5.74, 6) is 0.304. The van der Waals surface area contributed by atoms with Crippen molar-refractivity contribution in [1.29, 1.82) is 0 Å². The van der Waals surface area contributed by atoms with Crippen molar-refractivity contribution < 1.29 is 5.11 Å². The molecular weight excluding hydrogens is 230 g/mol. The maximum atomic E-state index is 9.29. The summed E-state index contributed by atoms with van der Waals surface area (Å²) in [4.78, 5) is 2.49. The number of nitrogens with two attached hydrogens (primary N) is 1. The molecule has 0 aliphatic carbocycles. The molecule has 0 aromatic heterocycles. The molecule has 0 saturated carbocycles. The molecule has 2 nitrogen and oxygen atoms in total. The minimum Gasteiger partial charge on any atom is -0.508 e. The molecular formula is C14H16NOS+. The average molecular weight is 246 g/mol. The molecule has 1 unspecified atom stereocenters. The van der Waals surface area contributed by atoms with E-state index in [9.17, 15) is 5.11 Å². The Morgan fingerprint density at radius 3 is 2.35 bits per heavy atom. The summed E-state index contributed by atoms with van der Waals surface area (Å²) < 4.78 is 0. The molecule has 17 heavy (non-hydrogen) atoms. The van der Waals surface area contributed by atoms with E-state index in [4.69, 9.17) is 5.73 Å². The number of phenols is 1. The molecule has 0 heterocycles. The second kappa shape index (κ2) is 5.25. The highest BCUT2D eigenvalue weighted by atomic mass is 32.2. The van der Waals surface area contributed by atoms with Crippen molar-refractivity contribution in [1.82, 2.24) is 0 Å². The Hall–Kier alpha value is -1.45. The second-order valence-electron chi connectivity index (χ2n) is 3.82. The molecule has 0 aliphatic rings. The van der Waals surface area contributed by atoms with Crippen LogP contribution in [-0.2, 0) is 17.4 Å². The van der Waals surface area contributed by atoms with Gasteiger partial charge >= 0.3 is 0 Å². The number of hydrogen-bond donors (Lipinski definition) is 2. The lowest BCUT2D eigenvalue weighted by Gasteiger charge is -2.06. The maximum Gasteiger partial charge on any atom is 0.164 e. The fourth-order valence-electron chi connectivity index (χ4n) is 1.75. The Morgan fingerprint density at radius 2 is 1.71 bits per heavy atom. The first-order chi connectivity index (χ1) is 8.22. The zero-order chi connectivity index (χ0) is 12.3. The second-order valence-corrected chi connectivity index (χ2v) is 5.75. The zero-order valence-corrected chi connectivity index (χ0v) is 10.6. The first-order valence-corrected chi connectivity index (χ1v) is 7.08. The summed E-state index contributed by atoms with van der Waals surface area (Å²) in [7, 11) is -0.00761. The maximum absolute atomic E-state index is 9.29. The summed E-state index contributed by atoms with van der Waals surface area (Å²) >= 11 is 0. The summed E-state index contributed by atoms with van der Waals surface area (Å²) in [6, 6.07) is 15.6. The van der Waals surface area contributed by atoms with Crippen LogP contribution in [0.25, 0.3) is 0 Å². The van der Waals surface area contributed by atoms with E-state index in [1.165, 1.54) is 15.4 Å². The van der Waals surface area contributed by atoms with Gasteiger partial charge in [-0.1, -0.05) is 18.2 Å². The third-order valence-corrected chi connectivity index (χ3v) is 4.75. The van der Waals surface area contributed by atoms with Gasteiger partial charge in [0, 0.05) is 12.1 Å². The SMILES string of the molecule is C[S+](c1ccc(O)cc1)c1ccccc1CN. The van der Waals surface area contributed by atoms with Crippen molar-refractivity contribution >= 4 is 10.9 Å². The predicted molar refractivity (Wildman–Crippen MR) is 72.3 cm³/mol. The largest absolute Gasteiger partial charge is 0.508 e. The Balaban J connectivity index is 2.36. The van der Waals surface area contributed by atoms with E-state index < -0.39 is 0 Å². The van der Waals surface area contributed by atoms with Crippen LogP contribution >= 0.6 is 0 Å². The van der Waals surface area contributed by atoms with Crippen LogP contribution in [0.3, 0.4) is 0 Å². The van der Waals surface area contributed by atoms with Gasteiger partial charge in [-0.25, -0.2) is 0 Å². The van der Waals surface area contributed by atoms with Crippen molar-refractivity contribution in [2.75, 3.05) is 6.26 Å². The molecule has 0 fully saturated rings. The van der Waals surface area contributed by atoms with Crippen LogP contribution in [0.2, 0.25) is 0 Å². The molecule has 2 aromatic carbocycles. The van der Waals surface area contributed by atoms with E-state index in [1.54, 1.807) is 12.1 Å². The van der Waals surface area contributed by atoms with Crippen molar-refractivity contribution in [3.05, 3.63) is 54.1 Å². The van der Waals surface area contributed by atoms with Gasteiger partial charge in [-0.15, -0.1) is 0 Å². The van der Waals surface area contributed by atoms with Crippen LogP contribution in [0, 0.1) is 0 Å². The number of aromatic hydroxyl groups is 1. The quantitative estimate of drug-likeness (QED) is 0.817. The number of phenolic OH excluding ortho intramolecular Hbond substituents is 1. The molecule has 0 radical (unpaired) electrons. The molecule has 0 aliphatic heterocycles. The first kappa shape index (κ1) is 12.0. The Bertz CT molecular complexity index is 496. The topological polar surface area (TPSA) is 46.2 Å². The predicted octanol–water partition coefficient (Wildman–Crippen LogP) is 2.52. The highest BCUT2D eigenvalue weighted by molar-refractivity contribution is 7.96. The molecule has 1 atom stereocenters. The third kappa shape index (κ3) is 2.62. The molecule has 0 spiro atoms. The average Bonchev–Trinajstić information content (AvgIpc) is 2.39. The van der Waals surface area contributed by atoms with Gasteiger partial charge in [-0.3, -0.25) is 0 Å². The van der Waals surface area contributed by atoms with Gasteiger partial charge in [0.15, 0.2) is 9.79 Å². The van der Waals surface area contributed by atoms with E-state index in [2.05, 4.69) is 18.4 Å². The lowest BCUT2D eigenvalue weighted by molar-refractivity contribution is 0.475. The normalized spacial score (nSPS) is 12.4. The lowest BCUT2D eigenvalue weighted by atomic mass is 10.2. The molecule has 3 heteroatoms. The zero-order valence-electron chi connectivity index (χ0n) is 9.76. The van der Waals surface area contributed by atoms with Gasteiger partial charge < -0.3 is 10.8 Å². The molecule has 88 valence electrons. The van der Waals surface area contributed by atoms with E-state index >= 15 is 0 Å². The van der Waals surface area contributed by atoms with E-state index in [-0.39, 0.29) is 10.9 Å². The molecule has 0 saturated heterocycles. The molecule has 2 aromatic rings. The van der Waals surface area contributed by atoms with Gasteiger partial charge in [-0.05, 0) is 30.3 Å². The molecule has 2 rings (SSSR count). The fraction of sp³-hybridized carbons (Fsp3) is 0.143. The van der Waals surface area contributed by atoms with E-state index in [0.29, 0.717) is 12.3 Å². The van der Waals surface area contributed by atoms with Crippen molar-refractivity contribution in [3.63, 3.8) is 0 Å². The summed E-state index contributed by atoms with van der Waals surface area (Å²) in [5.41, 5.74) is 6.94. The van der Waals surface area contributed by atoms with E-state index in [0.717, 1.165) is 0 Å². The van der Waals surface area contributed by atoms with Crippen LogP contribution in [0.15, 0.2) is 58.3 Å². The Labute approximate surface area is 104 Å². The Kier molecular flexibility index (Phi) is 3.71. The minimum absolute atomic E-state index is 0.00761. The fourth-order valence-corrected chi connectivity index (χ4v) is 3.37. The summed E-state index contributed by atoms with van der Waals surface area (Å²) in [6.45, 7) is 0.561. The summed E-state index contributed by atoms with van der Waals surface area (Å²) in [6.07, 6.45) is 2.18. The van der Waals surface area contributed by atoms with Crippen LogP contribution in [0.5, 0.6) is 5.75 Å². The standard InChI is InChI=1S/C14H15NOS/c1-17(13-8-6-12(16)7-9-13)14-5-3-2-4-11(14)10-15/h2-9H,10,15H2,1H3/p+1.